The molecular formula is C31H30F2N4O7. The van der Waals surface area contributed by atoms with E-state index in [1.165, 1.54) is 30.5 Å². The average molecular weight is 609 g/mol. The standard InChI is InChI=1S/C17H20N2O4.C14H10F2N2O3/c1-17(2,3)23-16(21)18-11-12-6-8-13(9-7-12)19-15(20)14-5-4-10-22-14;15-11-2-1-3-12(16)13(11)14(19)17-8-9-4-6-10(7-5-9)18(20)21/h4-10H,11H2,1-3H3,(H,18,21)(H,19,20);1-7H,8H2,(H,17,19). The number of carbonyl (C=O) groups excluding carboxylic acids is 3. The molecule has 3 aromatic carbocycles. The molecule has 0 atom stereocenters. The van der Waals surface area contributed by atoms with Crippen LogP contribution in [0.3, 0.4) is 0 Å². The van der Waals surface area contributed by atoms with Gasteiger partial charge in [0.1, 0.15) is 22.8 Å². The minimum Gasteiger partial charge on any atom is -0.459 e. The Labute approximate surface area is 251 Å². The Kier molecular flexibility index (Phi) is 11.3. The van der Waals surface area contributed by atoms with Gasteiger partial charge in [-0.3, -0.25) is 19.7 Å². The van der Waals surface area contributed by atoms with Crippen LogP contribution in [0.5, 0.6) is 0 Å². The zero-order chi connectivity index (χ0) is 32.3. The van der Waals surface area contributed by atoms with Crippen molar-refractivity contribution in [3.63, 3.8) is 0 Å². The van der Waals surface area contributed by atoms with Crippen molar-refractivity contribution >= 4 is 29.3 Å². The number of nitro groups is 1. The van der Waals surface area contributed by atoms with E-state index in [4.69, 9.17) is 9.15 Å². The predicted octanol–water partition coefficient (Wildman–Crippen LogP) is 6.36. The quantitative estimate of drug-likeness (QED) is 0.155. The smallest absolute Gasteiger partial charge is 0.407 e. The third kappa shape index (κ3) is 10.4. The lowest BCUT2D eigenvalue weighted by Crippen LogP contribution is -2.32. The summed E-state index contributed by atoms with van der Waals surface area (Å²) in [6.07, 6.45) is 0.980. The second-order valence-corrected chi connectivity index (χ2v) is 10.2. The number of benzene rings is 3. The van der Waals surface area contributed by atoms with Crippen LogP contribution in [0.4, 0.5) is 25.0 Å². The number of nitrogens with zero attached hydrogens (tertiary/aromatic N) is 1. The van der Waals surface area contributed by atoms with Crippen LogP contribution in [0.25, 0.3) is 0 Å². The van der Waals surface area contributed by atoms with Gasteiger partial charge in [-0.1, -0.05) is 30.3 Å². The van der Waals surface area contributed by atoms with Crippen molar-refractivity contribution in [2.45, 2.75) is 39.5 Å². The number of hydrogen-bond acceptors (Lipinski definition) is 7. The normalized spacial score (nSPS) is 10.6. The highest BCUT2D eigenvalue weighted by Crippen LogP contribution is 2.15. The topological polar surface area (TPSA) is 153 Å². The molecule has 13 heteroatoms. The summed E-state index contributed by atoms with van der Waals surface area (Å²) in [6, 6.07) is 19.0. The molecule has 0 spiro atoms. The average Bonchev–Trinajstić information content (AvgIpc) is 3.51. The molecule has 3 N–H and O–H groups in total. The third-order valence-electron chi connectivity index (χ3n) is 5.58. The molecule has 0 aliphatic carbocycles. The van der Waals surface area contributed by atoms with Crippen LogP contribution in [-0.4, -0.2) is 28.4 Å². The lowest BCUT2D eigenvalue weighted by molar-refractivity contribution is -0.384. The molecule has 11 nitrogen and oxygen atoms in total. The van der Waals surface area contributed by atoms with E-state index >= 15 is 0 Å². The summed E-state index contributed by atoms with van der Waals surface area (Å²) < 4.78 is 37.0. The van der Waals surface area contributed by atoms with Gasteiger partial charge in [0.25, 0.3) is 17.5 Å². The Balaban J connectivity index is 0.000000241. The summed E-state index contributed by atoms with van der Waals surface area (Å²) in [6.45, 7) is 5.78. The number of nitrogens with one attached hydrogen (secondary N) is 3. The monoisotopic (exact) mass is 608 g/mol. The molecule has 0 bridgehead atoms. The maximum Gasteiger partial charge on any atom is 0.407 e. The van der Waals surface area contributed by atoms with E-state index in [0.29, 0.717) is 17.8 Å². The van der Waals surface area contributed by atoms with Crippen molar-refractivity contribution in [1.29, 1.82) is 0 Å². The van der Waals surface area contributed by atoms with Crippen molar-refractivity contribution in [3.8, 4) is 0 Å². The molecule has 230 valence electrons. The molecule has 4 aromatic rings. The maximum atomic E-state index is 13.4. The van der Waals surface area contributed by atoms with Crippen LogP contribution < -0.4 is 16.0 Å². The number of amides is 3. The van der Waals surface area contributed by atoms with E-state index in [2.05, 4.69) is 16.0 Å². The molecule has 44 heavy (non-hydrogen) atoms. The molecule has 0 unspecified atom stereocenters. The number of alkyl carbamates (subject to hydrolysis) is 1. The Hall–Kier alpha value is -5.59. The predicted molar refractivity (Wildman–Crippen MR) is 157 cm³/mol. The molecular weight excluding hydrogens is 578 g/mol. The molecule has 1 heterocycles. The first-order valence-corrected chi connectivity index (χ1v) is 13.2. The molecule has 0 aliphatic rings. The van der Waals surface area contributed by atoms with Crippen molar-refractivity contribution in [1.82, 2.24) is 10.6 Å². The highest BCUT2D eigenvalue weighted by molar-refractivity contribution is 6.02. The fraction of sp³-hybridized carbons (Fsp3) is 0.194. The summed E-state index contributed by atoms with van der Waals surface area (Å²) >= 11 is 0. The number of nitro benzene ring substituents is 1. The molecule has 3 amide bonds. The van der Waals surface area contributed by atoms with Crippen LogP contribution in [0, 0.1) is 21.7 Å². The second kappa shape index (κ2) is 15.0. The van der Waals surface area contributed by atoms with Gasteiger partial charge in [-0.05, 0) is 68.3 Å². The largest absolute Gasteiger partial charge is 0.459 e. The zero-order valence-electron chi connectivity index (χ0n) is 24.1. The van der Waals surface area contributed by atoms with Gasteiger partial charge in [-0.25, -0.2) is 13.6 Å². The number of halogens is 2. The van der Waals surface area contributed by atoms with Crippen molar-refractivity contribution in [2.24, 2.45) is 0 Å². The molecule has 4 rings (SSSR count). The van der Waals surface area contributed by atoms with Gasteiger partial charge < -0.3 is 25.1 Å². The van der Waals surface area contributed by atoms with Gasteiger partial charge in [0.15, 0.2) is 5.76 Å². The number of carbonyl (C=O) groups is 3. The van der Waals surface area contributed by atoms with Crippen molar-refractivity contribution < 1.29 is 37.2 Å². The number of ether oxygens (including phenoxy) is 1. The van der Waals surface area contributed by atoms with E-state index in [-0.39, 0.29) is 23.9 Å². The van der Waals surface area contributed by atoms with Crippen LogP contribution in [0.15, 0.2) is 89.5 Å². The van der Waals surface area contributed by atoms with Crippen LogP contribution in [0.2, 0.25) is 0 Å². The fourth-order valence-electron chi connectivity index (χ4n) is 3.52. The molecule has 0 aliphatic heterocycles. The van der Waals surface area contributed by atoms with Crippen LogP contribution >= 0.6 is 0 Å². The Morgan fingerprint density at radius 3 is 1.91 bits per heavy atom. The van der Waals surface area contributed by atoms with E-state index in [9.17, 15) is 33.3 Å². The molecule has 0 fully saturated rings. The Morgan fingerprint density at radius 2 is 1.39 bits per heavy atom. The van der Waals surface area contributed by atoms with Gasteiger partial charge >= 0.3 is 6.09 Å². The highest BCUT2D eigenvalue weighted by atomic mass is 19.1. The van der Waals surface area contributed by atoms with E-state index in [0.717, 1.165) is 23.8 Å². The summed E-state index contributed by atoms with van der Waals surface area (Å²) in [5, 5.41) is 18.2. The molecule has 0 saturated heterocycles. The van der Waals surface area contributed by atoms with Gasteiger partial charge in [-0.2, -0.15) is 0 Å². The minimum absolute atomic E-state index is 0.00457. The number of rotatable bonds is 8. The highest BCUT2D eigenvalue weighted by Gasteiger charge is 2.17. The fourth-order valence-corrected chi connectivity index (χ4v) is 3.52. The lowest BCUT2D eigenvalue weighted by atomic mass is 10.1. The Morgan fingerprint density at radius 1 is 0.818 bits per heavy atom. The summed E-state index contributed by atoms with van der Waals surface area (Å²) in [4.78, 5) is 45.1. The van der Waals surface area contributed by atoms with Gasteiger partial charge in [-0.15, -0.1) is 0 Å². The van der Waals surface area contributed by atoms with Crippen LogP contribution in [0.1, 0.15) is 52.8 Å². The van der Waals surface area contributed by atoms with Crippen molar-refractivity contribution in [2.75, 3.05) is 5.32 Å². The van der Waals surface area contributed by atoms with Gasteiger partial charge in [0.05, 0.1) is 11.2 Å². The Bertz CT molecular complexity index is 1560. The maximum absolute atomic E-state index is 13.4. The number of non-ortho nitro benzene ring substituents is 1. The molecule has 1 aromatic heterocycles. The minimum atomic E-state index is -0.948. The van der Waals surface area contributed by atoms with E-state index in [1.807, 2.05) is 32.9 Å². The molecule has 0 saturated carbocycles. The summed E-state index contributed by atoms with van der Waals surface area (Å²) in [5.74, 6) is -2.84. The van der Waals surface area contributed by atoms with Crippen LogP contribution in [-0.2, 0) is 17.8 Å². The van der Waals surface area contributed by atoms with E-state index in [1.54, 1.807) is 24.3 Å². The zero-order valence-corrected chi connectivity index (χ0v) is 24.1. The molecule has 0 radical (unpaired) electrons. The first-order chi connectivity index (χ1) is 20.8. The van der Waals surface area contributed by atoms with Gasteiger partial charge in [0, 0.05) is 30.9 Å². The summed E-state index contributed by atoms with van der Waals surface area (Å²) in [7, 11) is 0. The summed E-state index contributed by atoms with van der Waals surface area (Å²) in [5.41, 5.74) is 0.860. The number of hydrogen-bond donors (Lipinski definition) is 3. The number of anilines is 1. The van der Waals surface area contributed by atoms with Gasteiger partial charge in [0.2, 0.25) is 0 Å². The SMILES string of the molecule is CC(C)(C)OC(=O)NCc1ccc(NC(=O)c2ccco2)cc1.O=C(NCc1ccc([N+](=O)[O-])cc1)c1c(F)cccc1F. The lowest BCUT2D eigenvalue weighted by Gasteiger charge is -2.19. The van der Waals surface area contributed by atoms with Crippen molar-refractivity contribution in [3.05, 3.63) is 129 Å². The first kappa shape index (κ1) is 32.9. The number of furan rings is 1. The second-order valence-electron chi connectivity index (χ2n) is 10.2. The third-order valence-corrected chi connectivity index (χ3v) is 5.58. The first-order valence-electron chi connectivity index (χ1n) is 13.2. The van der Waals surface area contributed by atoms with E-state index < -0.39 is 39.7 Å².